The lowest BCUT2D eigenvalue weighted by molar-refractivity contribution is -0.886. The van der Waals surface area contributed by atoms with E-state index in [4.69, 9.17) is 0 Å². The largest absolute Gasteiger partial charge is 0.338 e. The highest BCUT2D eigenvalue weighted by Crippen LogP contribution is 2.22. The first kappa shape index (κ1) is 17.4. The summed E-state index contributed by atoms with van der Waals surface area (Å²) >= 11 is 0. The molecule has 1 saturated heterocycles. The van der Waals surface area contributed by atoms with Gasteiger partial charge in [0.25, 0.3) is 11.8 Å². The van der Waals surface area contributed by atoms with E-state index in [0.717, 1.165) is 47.3 Å². The van der Waals surface area contributed by atoms with Gasteiger partial charge in [-0.25, -0.2) is 0 Å². The number of amides is 2. The summed E-state index contributed by atoms with van der Waals surface area (Å²) in [5.41, 5.74) is 0.814. The average Bonchev–Trinajstić information content (AvgIpc) is 3.15. The predicted molar refractivity (Wildman–Crippen MR) is 99.6 cm³/mol. The summed E-state index contributed by atoms with van der Waals surface area (Å²) < 4.78 is 0. The number of nitrogens with zero attached hydrogens (tertiary/aromatic N) is 1. The van der Waals surface area contributed by atoms with Gasteiger partial charge in [0.1, 0.15) is 0 Å². The minimum atomic E-state index is -0.212. The van der Waals surface area contributed by atoms with Gasteiger partial charge in [0, 0.05) is 24.2 Å². The van der Waals surface area contributed by atoms with Crippen molar-refractivity contribution >= 4 is 28.3 Å². The molecule has 1 aliphatic heterocycles. The second-order valence-electron chi connectivity index (χ2n) is 6.85. The summed E-state index contributed by atoms with van der Waals surface area (Å²) in [6, 6.07) is 13.6. The number of hydrogen-bond donors (Lipinski definition) is 2. The van der Waals surface area contributed by atoms with Crippen LogP contribution in [-0.2, 0) is 9.59 Å². The molecule has 1 unspecified atom stereocenters. The second kappa shape index (κ2) is 7.66. The third-order valence-electron chi connectivity index (χ3n) is 5.03. The number of carbonyl (C=O) groups excluding carboxylic acids is 2. The molecule has 0 bridgehead atoms. The number of fused-ring (bicyclic) bond motifs is 1. The topological polar surface area (TPSA) is 53.9 Å². The van der Waals surface area contributed by atoms with E-state index in [2.05, 4.69) is 5.32 Å². The van der Waals surface area contributed by atoms with Gasteiger partial charge in [0.05, 0.1) is 7.05 Å². The molecule has 0 saturated carbocycles. The molecule has 25 heavy (non-hydrogen) atoms. The molecule has 2 atom stereocenters. The van der Waals surface area contributed by atoms with Crippen LogP contribution in [0.5, 0.6) is 0 Å². The van der Waals surface area contributed by atoms with E-state index in [1.165, 1.54) is 0 Å². The van der Waals surface area contributed by atoms with Gasteiger partial charge < -0.3 is 15.1 Å². The molecular formula is C20H26N3O2+. The molecule has 3 rings (SSSR count). The Morgan fingerprint density at radius 3 is 2.56 bits per heavy atom. The Hall–Kier alpha value is -2.40. The van der Waals surface area contributed by atoms with Crippen molar-refractivity contribution in [3.63, 3.8) is 0 Å². The summed E-state index contributed by atoms with van der Waals surface area (Å²) in [5.74, 6) is 0.0721. The Balaban J connectivity index is 1.62. The van der Waals surface area contributed by atoms with Crippen LogP contribution >= 0.6 is 0 Å². The van der Waals surface area contributed by atoms with Crippen LogP contribution in [0.3, 0.4) is 0 Å². The molecule has 0 radical (unpaired) electrons. The molecule has 2 aromatic rings. The monoisotopic (exact) mass is 340 g/mol. The van der Waals surface area contributed by atoms with Gasteiger partial charge in [-0.15, -0.1) is 0 Å². The number of rotatable bonds is 5. The van der Waals surface area contributed by atoms with E-state index < -0.39 is 0 Å². The van der Waals surface area contributed by atoms with E-state index in [-0.39, 0.29) is 24.4 Å². The quantitative estimate of drug-likeness (QED) is 0.862. The highest BCUT2D eigenvalue weighted by Gasteiger charge is 2.29. The minimum Gasteiger partial charge on any atom is -0.338 e. The lowest BCUT2D eigenvalue weighted by Gasteiger charge is -2.25. The molecule has 5 nitrogen and oxygen atoms in total. The molecule has 2 N–H and O–H groups in total. The second-order valence-corrected chi connectivity index (χ2v) is 6.85. The molecule has 0 aliphatic carbocycles. The van der Waals surface area contributed by atoms with Gasteiger partial charge in [-0.1, -0.05) is 36.4 Å². The first-order chi connectivity index (χ1) is 12.1. The number of nitrogens with one attached hydrogen (secondary N) is 2. The lowest BCUT2D eigenvalue weighted by Crippen LogP contribution is -3.15. The van der Waals surface area contributed by atoms with Crippen LogP contribution in [0, 0.1) is 0 Å². The van der Waals surface area contributed by atoms with Gasteiger partial charge in [-0.2, -0.15) is 0 Å². The van der Waals surface area contributed by atoms with Crippen molar-refractivity contribution in [2.75, 3.05) is 32.0 Å². The van der Waals surface area contributed by atoms with Crippen molar-refractivity contribution in [3.8, 4) is 0 Å². The summed E-state index contributed by atoms with van der Waals surface area (Å²) in [7, 11) is 1.90. The van der Waals surface area contributed by atoms with Crippen molar-refractivity contribution in [3.05, 3.63) is 42.5 Å². The van der Waals surface area contributed by atoms with Crippen molar-refractivity contribution in [2.24, 2.45) is 0 Å². The molecule has 1 heterocycles. The Morgan fingerprint density at radius 1 is 1.12 bits per heavy atom. The van der Waals surface area contributed by atoms with Crippen LogP contribution in [0.2, 0.25) is 0 Å². The van der Waals surface area contributed by atoms with Crippen LogP contribution in [0.25, 0.3) is 10.8 Å². The maximum absolute atomic E-state index is 12.5. The van der Waals surface area contributed by atoms with Gasteiger partial charge in [-0.3, -0.25) is 9.59 Å². The fraction of sp³-hybridized carbons (Fsp3) is 0.400. The summed E-state index contributed by atoms with van der Waals surface area (Å²) in [6.45, 7) is 3.86. The fourth-order valence-corrected chi connectivity index (χ4v) is 3.36. The lowest BCUT2D eigenvalue weighted by atomic mass is 10.1. The van der Waals surface area contributed by atoms with Crippen molar-refractivity contribution in [1.82, 2.24) is 4.90 Å². The molecule has 2 aromatic carbocycles. The van der Waals surface area contributed by atoms with Gasteiger partial charge in [0.2, 0.25) is 0 Å². The molecule has 132 valence electrons. The number of benzene rings is 2. The van der Waals surface area contributed by atoms with Crippen molar-refractivity contribution < 1.29 is 14.5 Å². The fourth-order valence-electron chi connectivity index (χ4n) is 3.36. The smallest absolute Gasteiger partial charge is 0.280 e. The maximum Gasteiger partial charge on any atom is 0.280 e. The van der Waals surface area contributed by atoms with E-state index in [0.29, 0.717) is 0 Å². The third-order valence-corrected chi connectivity index (χ3v) is 5.03. The Kier molecular flexibility index (Phi) is 5.34. The number of quaternary nitrogens is 1. The van der Waals surface area contributed by atoms with Gasteiger partial charge >= 0.3 is 0 Å². The number of likely N-dealkylation sites (tertiary alicyclic amines) is 1. The van der Waals surface area contributed by atoms with Gasteiger partial charge in [0.15, 0.2) is 12.6 Å². The van der Waals surface area contributed by atoms with Gasteiger partial charge in [-0.05, 0) is 31.2 Å². The zero-order valence-electron chi connectivity index (χ0n) is 14.9. The molecule has 0 aromatic heterocycles. The summed E-state index contributed by atoms with van der Waals surface area (Å²) in [6.07, 6.45) is 2.16. The third kappa shape index (κ3) is 3.99. The zero-order chi connectivity index (χ0) is 17.8. The first-order valence-electron chi connectivity index (χ1n) is 8.95. The van der Waals surface area contributed by atoms with E-state index in [1.54, 1.807) is 0 Å². The van der Waals surface area contributed by atoms with E-state index in [9.17, 15) is 9.59 Å². The van der Waals surface area contributed by atoms with Crippen molar-refractivity contribution in [2.45, 2.75) is 25.8 Å². The molecule has 1 aliphatic rings. The molecule has 5 heteroatoms. The number of hydrogen-bond acceptors (Lipinski definition) is 2. The Bertz CT molecular complexity index is 763. The maximum atomic E-state index is 12.5. The Labute approximate surface area is 148 Å². The number of anilines is 1. The molecule has 2 amide bonds. The zero-order valence-corrected chi connectivity index (χ0v) is 14.9. The first-order valence-corrected chi connectivity index (χ1v) is 8.95. The normalized spacial score (nSPS) is 16.6. The van der Waals surface area contributed by atoms with E-state index >= 15 is 0 Å². The van der Waals surface area contributed by atoms with Crippen LogP contribution in [0.1, 0.15) is 19.8 Å². The molecule has 0 spiro atoms. The number of carbonyl (C=O) groups is 2. The standard InChI is InChI=1S/C20H25N3O2/c1-15(20(25)23-12-5-6-13-23)22(2)14-19(24)21-18-11-7-9-16-8-3-4-10-17(16)18/h3-4,7-11,15H,5-6,12-14H2,1-2H3,(H,21,24)/p+1/t15-/m0/s1. The highest BCUT2D eigenvalue weighted by atomic mass is 16.2. The van der Waals surface area contributed by atoms with Crippen LogP contribution in [-0.4, -0.2) is 49.4 Å². The summed E-state index contributed by atoms with van der Waals surface area (Å²) in [4.78, 5) is 27.8. The van der Waals surface area contributed by atoms with Crippen LogP contribution in [0.4, 0.5) is 5.69 Å². The SMILES string of the molecule is C[C@@H](C(=O)N1CCCC1)[NH+](C)CC(=O)Nc1cccc2ccccc12. The van der Waals surface area contributed by atoms with Crippen molar-refractivity contribution in [1.29, 1.82) is 0 Å². The molecule has 1 fully saturated rings. The van der Waals surface area contributed by atoms with Crippen LogP contribution < -0.4 is 10.2 Å². The molecular weight excluding hydrogens is 314 g/mol. The predicted octanol–water partition coefficient (Wildman–Crippen LogP) is 1.30. The van der Waals surface area contributed by atoms with Crippen LogP contribution in [0.15, 0.2) is 42.5 Å². The Morgan fingerprint density at radius 2 is 1.80 bits per heavy atom. The average molecular weight is 340 g/mol. The van der Waals surface area contributed by atoms with E-state index in [1.807, 2.05) is 61.3 Å². The summed E-state index contributed by atoms with van der Waals surface area (Å²) in [5, 5.41) is 5.12. The highest BCUT2D eigenvalue weighted by molar-refractivity contribution is 6.02. The minimum absolute atomic E-state index is 0.0741. The number of likely N-dealkylation sites (N-methyl/N-ethyl adjacent to an activating group) is 1.